The molecule has 0 aliphatic heterocycles. The third kappa shape index (κ3) is 4.37. The van der Waals surface area contributed by atoms with E-state index in [1.54, 1.807) is 0 Å². The molecule has 0 bridgehead atoms. The van der Waals surface area contributed by atoms with E-state index < -0.39 is 0 Å². The summed E-state index contributed by atoms with van der Waals surface area (Å²) in [4.78, 5) is 10.4. The Morgan fingerprint density at radius 3 is 2.78 bits per heavy atom. The predicted molar refractivity (Wildman–Crippen MR) is 38.8 cm³/mol. The zero-order valence-electron chi connectivity index (χ0n) is 5.68. The van der Waals surface area contributed by atoms with E-state index in [1.807, 2.05) is 13.6 Å². The first-order valence-electron chi connectivity index (χ1n) is 2.77. The lowest BCUT2D eigenvalue weighted by Gasteiger charge is -2.08. The van der Waals surface area contributed by atoms with E-state index in [0.717, 1.165) is 0 Å². The van der Waals surface area contributed by atoms with Gasteiger partial charge in [0.25, 0.3) is 0 Å². The summed E-state index contributed by atoms with van der Waals surface area (Å²) in [5, 5.41) is 0. The third-order valence-electron chi connectivity index (χ3n) is 0.881. The van der Waals surface area contributed by atoms with E-state index in [2.05, 4.69) is 0 Å². The average Bonchev–Trinajstić information content (AvgIpc) is 1.87. The van der Waals surface area contributed by atoms with E-state index in [4.69, 9.17) is 10.5 Å². The van der Waals surface area contributed by atoms with Crippen molar-refractivity contribution in [3.8, 4) is 0 Å². The fraction of sp³-hybridized carbons (Fsp3) is 0.800. The van der Waals surface area contributed by atoms with Gasteiger partial charge in [-0.05, 0) is 13.6 Å². The molecule has 0 radical (unpaired) electrons. The Morgan fingerprint density at radius 1 is 1.89 bits per heavy atom. The van der Waals surface area contributed by atoms with E-state index >= 15 is 0 Å². The largest absolute Gasteiger partial charge is 0.457 e. The van der Waals surface area contributed by atoms with Crippen molar-refractivity contribution in [3.05, 3.63) is 0 Å². The number of carbonyl (C=O) groups excluding carboxylic acids is 1. The quantitative estimate of drug-likeness (QED) is 0.458. The molecule has 2 N–H and O–H groups in total. The van der Waals surface area contributed by atoms with Gasteiger partial charge < -0.3 is 10.5 Å². The number of carbonyl (C=O) groups is 1. The number of nitrogens with two attached hydrogens (primary N) is 1. The van der Waals surface area contributed by atoms with Gasteiger partial charge in [0.15, 0.2) is 0 Å². The summed E-state index contributed by atoms with van der Waals surface area (Å²) in [6.07, 6.45) is 0. The molecule has 3 nitrogen and oxygen atoms in total. The first-order chi connectivity index (χ1) is 4.20. The molecule has 0 aliphatic rings. The van der Waals surface area contributed by atoms with Gasteiger partial charge in [0.05, 0.1) is 6.54 Å². The molecule has 0 heterocycles. The van der Waals surface area contributed by atoms with Crippen molar-refractivity contribution in [3.63, 3.8) is 0 Å². The van der Waals surface area contributed by atoms with E-state index in [1.165, 1.54) is 0 Å². The Balaban J connectivity index is 3.34. The molecular weight excluding hydrogens is 137 g/mol. The van der Waals surface area contributed by atoms with Gasteiger partial charge in [0, 0.05) is 0 Å². The summed E-state index contributed by atoms with van der Waals surface area (Å²) in [5.74, 6) is -0.294. The first-order valence-corrected chi connectivity index (χ1v) is 4.35. The van der Waals surface area contributed by atoms with Crippen LogP contribution in [0.5, 0.6) is 0 Å². The molecule has 0 amide bonds. The highest BCUT2D eigenvalue weighted by molar-refractivity contribution is 7.37. The Hall–Kier alpha value is -0.140. The topological polar surface area (TPSA) is 52.3 Å². The van der Waals surface area contributed by atoms with E-state index in [0.29, 0.717) is 8.58 Å². The highest BCUT2D eigenvalue weighted by Gasteiger charge is 2.03. The van der Waals surface area contributed by atoms with Crippen molar-refractivity contribution < 1.29 is 9.53 Å². The fourth-order valence-corrected chi connectivity index (χ4v) is 0.554. The first kappa shape index (κ1) is 8.86. The van der Waals surface area contributed by atoms with Gasteiger partial charge in [-0.2, -0.15) is 0 Å². The molecule has 0 aromatic rings. The molecule has 0 spiro atoms. The molecule has 4 heteroatoms. The maximum Gasteiger partial charge on any atom is 0.320 e. The molecule has 2 atom stereocenters. The van der Waals surface area contributed by atoms with Crippen LogP contribution >= 0.6 is 8.58 Å². The zero-order chi connectivity index (χ0) is 7.28. The van der Waals surface area contributed by atoms with Gasteiger partial charge in [-0.3, -0.25) is 4.79 Å². The molecule has 2 unspecified atom stereocenters. The van der Waals surface area contributed by atoms with Crippen molar-refractivity contribution in [1.29, 1.82) is 0 Å². The number of ether oxygens (including phenoxy) is 1. The summed E-state index contributed by atoms with van der Waals surface area (Å²) in [5.41, 5.74) is 5.00. The minimum atomic E-state index is -0.322. The summed E-state index contributed by atoms with van der Waals surface area (Å²) in [6.45, 7) is 3.81. The van der Waals surface area contributed by atoms with Crippen LogP contribution in [0, 0.1) is 0 Å². The van der Waals surface area contributed by atoms with Crippen LogP contribution in [-0.4, -0.2) is 25.0 Å². The SMILES string of the molecule is CPC(C)OC(=O)CN. The molecule has 54 valence electrons. The number of hydrogen-bond acceptors (Lipinski definition) is 3. The third-order valence-corrected chi connectivity index (χ3v) is 1.81. The van der Waals surface area contributed by atoms with E-state index in [-0.39, 0.29) is 18.4 Å². The Labute approximate surface area is 56.7 Å². The monoisotopic (exact) mass is 149 g/mol. The van der Waals surface area contributed by atoms with Gasteiger partial charge >= 0.3 is 5.97 Å². The predicted octanol–water partition coefficient (Wildman–Crippen LogP) is 0.143. The highest BCUT2D eigenvalue weighted by Crippen LogP contribution is 2.13. The number of esters is 1. The van der Waals surface area contributed by atoms with Crippen LogP contribution in [0.1, 0.15) is 6.92 Å². The summed E-state index contributed by atoms with van der Waals surface area (Å²) in [7, 11) is 0.629. The second-order valence-corrected chi connectivity index (χ2v) is 3.02. The minimum Gasteiger partial charge on any atom is -0.457 e. The maximum absolute atomic E-state index is 10.4. The molecule has 0 aliphatic carbocycles. The maximum atomic E-state index is 10.4. The summed E-state index contributed by atoms with van der Waals surface area (Å²) >= 11 is 0. The van der Waals surface area contributed by atoms with Crippen molar-refractivity contribution in [2.24, 2.45) is 5.73 Å². The van der Waals surface area contributed by atoms with Crippen LogP contribution in [0.25, 0.3) is 0 Å². The molecule has 0 aromatic carbocycles. The van der Waals surface area contributed by atoms with Crippen LogP contribution in [-0.2, 0) is 9.53 Å². The Morgan fingerprint density at radius 2 is 2.44 bits per heavy atom. The van der Waals surface area contributed by atoms with Crippen LogP contribution in [0.4, 0.5) is 0 Å². The van der Waals surface area contributed by atoms with E-state index in [9.17, 15) is 4.79 Å². The highest BCUT2D eigenvalue weighted by atomic mass is 31.1. The second-order valence-electron chi connectivity index (χ2n) is 1.62. The molecular formula is C5H12NO2P. The normalized spacial score (nSPS) is 14.1. The van der Waals surface area contributed by atoms with Gasteiger partial charge in [0.1, 0.15) is 5.85 Å². The van der Waals surface area contributed by atoms with Gasteiger partial charge in [-0.1, -0.05) is 8.58 Å². The van der Waals surface area contributed by atoms with Crippen LogP contribution < -0.4 is 5.73 Å². The molecule has 0 rings (SSSR count). The lowest BCUT2D eigenvalue weighted by atomic mass is 10.7. The summed E-state index contributed by atoms with van der Waals surface area (Å²) < 4.78 is 4.80. The lowest BCUT2D eigenvalue weighted by Crippen LogP contribution is -2.19. The molecule has 0 aromatic heterocycles. The zero-order valence-corrected chi connectivity index (χ0v) is 6.68. The fourth-order valence-electron chi connectivity index (χ4n) is 0.304. The van der Waals surface area contributed by atoms with Gasteiger partial charge in [0.2, 0.25) is 0 Å². The van der Waals surface area contributed by atoms with Crippen molar-refractivity contribution in [2.45, 2.75) is 12.8 Å². The van der Waals surface area contributed by atoms with Gasteiger partial charge in [-0.15, -0.1) is 0 Å². The molecule has 0 saturated carbocycles. The van der Waals surface area contributed by atoms with Gasteiger partial charge in [-0.25, -0.2) is 0 Å². The Kier molecular flexibility index (Phi) is 4.64. The van der Waals surface area contributed by atoms with Crippen LogP contribution in [0.2, 0.25) is 0 Å². The molecule has 0 fully saturated rings. The van der Waals surface area contributed by atoms with Crippen molar-refractivity contribution >= 4 is 14.6 Å². The number of rotatable bonds is 3. The number of hydrogen-bond donors (Lipinski definition) is 1. The van der Waals surface area contributed by atoms with Crippen LogP contribution in [0.15, 0.2) is 0 Å². The summed E-state index contributed by atoms with van der Waals surface area (Å²) in [6, 6.07) is 0. The smallest absolute Gasteiger partial charge is 0.320 e. The second kappa shape index (κ2) is 4.71. The molecule has 9 heavy (non-hydrogen) atoms. The molecule has 0 saturated heterocycles. The Bertz CT molecular complexity index is 97.0. The lowest BCUT2D eigenvalue weighted by molar-refractivity contribution is -0.142. The average molecular weight is 149 g/mol. The van der Waals surface area contributed by atoms with Crippen molar-refractivity contribution in [2.75, 3.05) is 13.2 Å². The van der Waals surface area contributed by atoms with Crippen molar-refractivity contribution in [1.82, 2.24) is 0 Å². The minimum absolute atomic E-state index is 0.0190. The van der Waals surface area contributed by atoms with Crippen LogP contribution in [0.3, 0.4) is 0 Å². The standard InChI is InChI=1S/C5H12NO2P/c1-4(9-2)8-5(7)3-6/h4,9H,3,6H2,1-2H3.